The molecule has 110 valence electrons. The highest BCUT2D eigenvalue weighted by Crippen LogP contribution is 2.42. The molecular formula is C11H19F5O2. The minimum Gasteiger partial charge on any atom is -0.396 e. The van der Waals surface area contributed by atoms with E-state index in [9.17, 15) is 27.1 Å². The third kappa shape index (κ3) is 6.49. The van der Waals surface area contributed by atoms with Gasteiger partial charge in [0.2, 0.25) is 0 Å². The third-order valence-electron chi connectivity index (χ3n) is 2.64. The highest BCUT2D eigenvalue weighted by atomic mass is 19.4. The van der Waals surface area contributed by atoms with Crippen molar-refractivity contribution < 1.29 is 32.2 Å². The molecule has 0 aromatic heterocycles. The Morgan fingerprint density at radius 2 is 1.39 bits per heavy atom. The lowest BCUT2D eigenvalue weighted by atomic mass is 9.91. The molecule has 1 atom stereocenters. The Morgan fingerprint density at radius 1 is 0.889 bits per heavy atom. The lowest BCUT2D eigenvalue weighted by molar-refractivity contribution is -0.296. The lowest BCUT2D eigenvalue weighted by Gasteiger charge is -2.29. The van der Waals surface area contributed by atoms with Crippen LogP contribution in [0.2, 0.25) is 0 Å². The Labute approximate surface area is 103 Å². The van der Waals surface area contributed by atoms with Crippen molar-refractivity contribution in [3.63, 3.8) is 0 Å². The molecule has 2 N–H and O–H groups in total. The number of halogens is 5. The maximum Gasteiger partial charge on any atom is 0.453 e. The van der Waals surface area contributed by atoms with Crippen molar-refractivity contribution in [1.82, 2.24) is 0 Å². The molecule has 0 spiro atoms. The molecule has 0 aliphatic rings. The molecular weight excluding hydrogens is 259 g/mol. The van der Waals surface area contributed by atoms with Crippen LogP contribution < -0.4 is 0 Å². The first-order valence-electron chi connectivity index (χ1n) is 5.80. The van der Waals surface area contributed by atoms with E-state index < -0.39 is 24.1 Å². The number of hydrogen-bond donors (Lipinski definition) is 2. The van der Waals surface area contributed by atoms with Crippen LogP contribution in [0, 0.1) is 0 Å². The molecule has 0 bridgehead atoms. The van der Waals surface area contributed by atoms with E-state index in [0.717, 1.165) is 6.92 Å². The molecule has 0 heterocycles. The second-order valence-electron chi connectivity index (χ2n) is 4.76. The van der Waals surface area contributed by atoms with Crippen LogP contribution in [-0.4, -0.2) is 34.5 Å². The molecule has 0 aliphatic heterocycles. The molecule has 7 heteroatoms. The predicted octanol–water partition coefficient (Wildman–Crippen LogP) is 3.27. The van der Waals surface area contributed by atoms with E-state index in [2.05, 4.69) is 0 Å². The lowest BCUT2D eigenvalue weighted by Crippen LogP contribution is -2.43. The van der Waals surface area contributed by atoms with Crippen molar-refractivity contribution >= 4 is 0 Å². The van der Waals surface area contributed by atoms with Crippen molar-refractivity contribution in [2.45, 2.75) is 63.1 Å². The van der Waals surface area contributed by atoms with Gasteiger partial charge in [-0.15, -0.1) is 0 Å². The number of rotatable bonds is 8. The van der Waals surface area contributed by atoms with Crippen LogP contribution in [0.5, 0.6) is 0 Å². The molecule has 0 amide bonds. The molecule has 0 saturated carbocycles. The average molecular weight is 278 g/mol. The standard InChI is InChI=1S/C11H19F5O2/c1-9(18,6-4-2-3-5-7-17)8-10(12,13)11(14,15)16/h17-18H,2-8H2,1H3. The van der Waals surface area contributed by atoms with E-state index in [1.54, 1.807) is 0 Å². The van der Waals surface area contributed by atoms with Crippen molar-refractivity contribution in [1.29, 1.82) is 0 Å². The fourth-order valence-electron chi connectivity index (χ4n) is 1.64. The minimum absolute atomic E-state index is 0.0164. The normalized spacial score (nSPS) is 16.7. The minimum atomic E-state index is -5.63. The molecule has 18 heavy (non-hydrogen) atoms. The summed E-state index contributed by atoms with van der Waals surface area (Å²) in [6.07, 6.45) is -5.24. The Bertz CT molecular complexity index is 238. The molecule has 0 rings (SSSR count). The van der Waals surface area contributed by atoms with Crippen LogP contribution >= 0.6 is 0 Å². The topological polar surface area (TPSA) is 40.5 Å². The summed E-state index contributed by atoms with van der Waals surface area (Å²) in [4.78, 5) is 0. The molecule has 0 aromatic rings. The number of aliphatic hydroxyl groups excluding tert-OH is 1. The van der Waals surface area contributed by atoms with Gasteiger partial charge < -0.3 is 10.2 Å². The second kappa shape index (κ2) is 6.65. The Morgan fingerprint density at radius 3 is 1.83 bits per heavy atom. The number of unbranched alkanes of at least 4 members (excludes halogenated alkanes) is 3. The molecule has 0 fully saturated rings. The van der Waals surface area contributed by atoms with Gasteiger partial charge in [0.1, 0.15) is 0 Å². The predicted molar refractivity (Wildman–Crippen MR) is 56.4 cm³/mol. The smallest absolute Gasteiger partial charge is 0.396 e. The van der Waals surface area contributed by atoms with E-state index in [-0.39, 0.29) is 13.0 Å². The van der Waals surface area contributed by atoms with Crippen molar-refractivity contribution in [3.05, 3.63) is 0 Å². The summed E-state index contributed by atoms with van der Waals surface area (Å²) < 4.78 is 61.4. The van der Waals surface area contributed by atoms with Gasteiger partial charge in [0, 0.05) is 13.0 Å². The summed E-state index contributed by atoms with van der Waals surface area (Å²) >= 11 is 0. The highest BCUT2D eigenvalue weighted by Gasteiger charge is 2.59. The summed E-state index contributed by atoms with van der Waals surface area (Å²) in [6.45, 7) is 1.00. The van der Waals surface area contributed by atoms with E-state index in [4.69, 9.17) is 5.11 Å². The fraction of sp³-hybridized carbons (Fsp3) is 1.00. The van der Waals surface area contributed by atoms with E-state index in [1.807, 2.05) is 0 Å². The first-order valence-corrected chi connectivity index (χ1v) is 5.80. The number of aliphatic hydroxyl groups is 2. The summed E-state index contributed by atoms with van der Waals surface area (Å²) in [7, 11) is 0. The summed E-state index contributed by atoms with van der Waals surface area (Å²) in [5.74, 6) is -4.87. The maximum absolute atomic E-state index is 12.7. The highest BCUT2D eigenvalue weighted by molar-refractivity contribution is 4.86. The average Bonchev–Trinajstić information content (AvgIpc) is 2.13. The Balaban J connectivity index is 4.14. The van der Waals surface area contributed by atoms with Gasteiger partial charge in [-0.25, -0.2) is 0 Å². The van der Waals surface area contributed by atoms with Crippen LogP contribution in [0.15, 0.2) is 0 Å². The largest absolute Gasteiger partial charge is 0.453 e. The molecule has 0 radical (unpaired) electrons. The Kier molecular flexibility index (Phi) is 6.50. The first kappa shape index (κ1) is 17.6. The molecule has 1 unspecified atom stereocenters. The van der Waals surface area contributed by atoms with Gasteiger partial charge in [-0.1, -0.05) is 19.3 Å². The monoisotopic (exact) mass is 278 g/mol. The van der Waals surface area contributed by atoms with E-state index in [1.165, 1.54) is 0 Å². The van der Waals surface area contributed by atoms with Crippen LogP contribution in [0.3, 0.4) is 0 Å². The van der Waals surface area contributed by atoms with Gasteiger partial charge in [0.15, 0.2) is 0 Å². The van der Waals surface area contributed by atoms with Crippen molar-refractivity contribution in [2.24, 2.45) is 0 Å². The quantitative estimate of drug-likeness (QED) is 0.528. The molecule has 0 aromatic carbocycles. The van der Waals surface area contributed by atoms with Crippen LogP contribution in [0.4, 0.5) is 22.0 Å². The van der Waals surface area contributed by atoms with Crippen molar-refractivity contribution in [2.75, 3.05) is 6.61 Å². The van der Waals surface area contributed by atoms with Gasteiger partial charge >= 0.3 is 12.1 Å². The maximum atomic E-state index is 12.7. The SMILES string of the molecule is CC(O)(CCCCCCO)CC(F)(F)C(F)(F)F. The van der Waals surface area contributed by atoms with Crippen LogP contribution in [0.1, 0.15) is 45.4 Å². The molecule has 2 nitrogen and oxygen atoms in total. The zero-order valence-corrected chi connectivity index (χ0v) is 10.2. The molecule has 0 aliphatic carbocycles. The van der Waals surface area contributed by atoms with Gasteiger partial charge in [0.25, 0.3) is 0 Å². The van der Waals surface area contributed by atoms with Gasteiger partial charge in [-0.05, 0) is 19.8 Å². The summed E-state index contributed by atoms with van der Waals surface area (Å²) in [5.41, 5.74) is -2.04. The van der Waals surface area contributed by atoms with Gasteiger partial charge in [-0.3, -0.25) is 0 Å². The molecule has 0 saturated heterocycles. The van der Waals surface area contributed by atoms with Gasteiger partial charge in [0.05, 0.1) is 5.60 Å². The van der Waals surface area contributed by atoms with E-state index in [0.29, 0.717) is 25.7 Å². The third-order valence-corrected chi connectivity index (χ3v) is 2.64. The van der Waals surface area contributed by atoms with E-state index >= 15 is 0 Å². The Hall–Kier alpha value is -0.430. The first-order chi connectivity index (χ1) is 8.02. The fourth-order valence-corrected chi connectivity index (χ4v) is 1.64. The second-order valence-corrected chi connectivity index (χ2v) is 4.76. The zero-order valence-electron chi connectivity index (χ0n) is 10.2. The number of hydrogen-bond acceptors (Lipinski definition) is 2. The van der Waals surface area contributed by atoms with Crippen LogP contribution in [0.25, 0.3) is 0 Å². The van der Waals surface area contributed by atoms with Crippen LogP contribution in [-0.2, 0) is 0 Å². The zero-order chi connectivity index (χ0) is 14.4. The van der Waals surface area contributed by atoms with Gasteiger partial charge in [-0.2, -0.15) is 22.0 Å². The summed E-state index contributed by atoms with van der Waals surface area (Å²) in [6, 6.07) is 0. The van der Waals surface area contributed by atoms with Crippen molar-refractivity contribution in [3.8, 4) is 0 Å². The summed E-state index contributed by atoms with van der Waals surface area (Å²) in [5, 5.41) is 18.0. The number of alkyl halides is 5.